The highest BCUT2D eigenvalue weighted by atomic mass is 32.2. The number of thioether (sulfide) groups is 1. The van der Waals surface area contributed by atoms with E-state index in [2.05, 4.69) is 5.32 Å². The van der Waals surface area contributed by atoms with Crippen LogP contribution in [0.1, 0.15) is 22.8 Å². The molecule has 0 aliphatic heterocycles. The van der Waals surface area contributed by atoms with Crippen LogP contribution >= 0.6 is 11.8 Å². The van der Waals surface area contributed by atoms with Gasteiger partial charge in [-0.2, -0.15) is 0 Å². The second-order valence-electron chi connectivity index (χ2n) is 5.60. The predicted octanol–water partition coefficient (Wildman–Crippen LogP) is 3.92. The quantitative estimate of drug-likeness (QED) is 0.545. The van der Waals surface area contributed by atoms with Gasteiger partial charge in [-0.25, -0.2) is 4.79 Å². The van der Waals surface area contributed by atoms with Crippen LogP contribution in [-0.4, -0.2) is 38.5 Å². The zero-order valence-corrected chi connectivity index (χ0v) is 16.6. The third-order valence-corrected chi connectivity index (χ3v) is 4.74. The summed E-state index contributed by atoms with van der Waals surface area (Å²) < 4.78 is 15.5. The van der Waals surface area contributed by atoms with Crippen molar-refractivity contribution in [1.29, 1.82) is 0 Å². The van der Waals surface area contributed by atoms with Gasteiger partial charge in [0.05, 0.1) is 32.1 Å². The van der Waals surface area contributed by atoms with Crippen molar-refractivity contribution in [2.75, 3.05) is 31.9 Å². The normalized spacial score (nSPS) is 10.2. The summed E-state index contributed by atoms with van der Waals surface area (Å²) in [6, 6.07) is 10.6. The Bertz CT molecular complexity index is 822. The van der Waals surface area contributed by atoms with Gasteiger partial charge in [0.2, 0.25) is 5.91 Å². The first kappa shape index (κ1) is 20.6. The molecule has 2 aromatic carbocycles. The first-order chi connectivity index (χ1) is 13.0. The lowest BCUT2D eigenvalue weighted by molar-refractivity contribution is -0.113. The summed E-state index contributed by atoms with van der Waals surface area (Å²) in [6.45, 7) is 3.92. The zero-order chi connectivity index (χ0) is 19.8. The number of ether oxygens (including phenoxy) is 3. The number of esters is 1. The largest absolute Gasteiger partial charge is 0.493 e. The molecule has 2 rings (SSSR count). The average Bonchev–Trinajstić information content (AvgIpc) is 2.67. The molecule has 0 spiro atoms. The van der Waals surface area contributed by atoms with Crippen molar-refractivity contribution in [1.82, 2.24) is 0 Å². The predicted molar refractivity (Wildman–Crippen MR) is 106 cm³/mol. The van der Waals surface area contributed by atoms with Crippen molar-refractivity contribution >= 4 is 29.3 Å². The first-order valence-corrected chi connectivity index (χ1v) is 9.39. The highest BCUT2D eigenvalue weighted by Gasteiger charge is 2.12. The molecule has 0 heterocycles. The maximum atomic E-state index is 12.3. The van der Waals surface area contributed by atoms with E-state index in [0.29, 0.717) is 29.4 Å². The molecule has 0 unspecified atom stereocenters. The van der Waals surface area contributed by atoms with E-state index in [1.54, 1.807) is 45.4 Å². The number of nitrogens with one attached hydrogen (secondary N) is 1. The third-order valence-electron chi connectivity index (χ3n) is 3.75. The molecule has 0 aliphatic carbocycles. The van der Waals surface area contributed by atoms with E-state index in [9.17, 15) is 9.59 Å². The summed E-state index contributed by atoms with van der Waals surface area (Å²) in [5, 5.41) is 2.85. The molecule has 7 heteroatoms. The summed E-state index contributed by atoms with van der Waals surface area (Å²) >= 11 is 1.38. The average molecular weight is 389 g/mol. The number of aryl methyl sites for hydroxylation is 1. The lowest BCUT2D eigenvalue weighted by Gasteiger charge is -2.11. The number of methoxy groups -OCH3 is 2. The van der Waals surface area contributed by atoms with Crippen molar-refractivity contribution in [3.63, 3.8) is 0 Å². The van der Waals surface area contributed by atoms with Gasteiger partial charge in [0, 0.05) is 10.6 Å². The van der Waals surface area contributed by atoms with Crippen LogP contribution in [0.4, 0.5) is 5.69 Å². The molecule has 0 radical (unpaired) electrons. The van der Waals surface area contributed by atoms with Gasteiger partial charge in [-0.1, -0.05) is 6.07 Å². The summed E-state index contributed by atoms with van der Waals surface area (Å²) in [5.74, 6) is 0.892. The van der Waals surface area contributed by atoms with Crippen molar-refractivity contribution in [3.05, 3.63) is 47.5 Å². The minimum absolute atomic E-state index is 0.168. The number of hydrogen-bond acceptors (Lipinski definition) is 6. The van der Waals surface area contributed by atoms with Crippen LogP contribution in [0.25, 0.3) is 0 Å². The zero-order valence-electron chi connectivity index (χ0n) is 15.8. The van der Waals surface area contributed by atoms with Crippen molar-refractivity contribution in [2.45, 2.75) is 18.7 Å². The lowest BCUT2D eigenvalue weighted by atomic mass is 10.1. The first-order valence-electron chi connectivity index (χ1n) is 8.41. The Morgan fingerprint density at radius 1 is 1.04 bits per heavy atom. The van der Waals surface area contributed by atoms with E-state index < -0.39 is 5.97 Å². The fourth-order valence-corrected chi connectivity index (χ4v) is 3.06. The molecule has 6 nitrogen and oxygen atoms in total. The highest BCUT2D eigenvalue weighted by molar-refractivity contribution is 8.00. The van der Waals surface area contributed by atoms with E-state index in [1.165, 1.54) is 11.8 Å². The van der Waals surface area contributed by atoms with Gasteiger partial charge in [-0.15, -0.1) is 11.8 Å². The van der Waals surface area contributed by atoms with Crippen molar-refractivity contribution < 1.29 is 23.8 Å². The molecular formula is C20H23NO5S. The number of anilines is 1. The van der Waals surface area contributed by atoms with Crippen LogP contribution in [0.2, 0.25) is 0 Å². The fourth-order valence-electron chi connectivity index (χ4n) is 2.34. The van der Waals surface area contributed by atoms with Crippen LogP contribution in [-0.2, 0) is 9.53 Å². The van der Waals surface area contributed by atoms with E-state index >= 15 is 0 Å². The molecule has 27 heavy (non-hydrogen) atoms. The second kappa shape index (κ2) is 9.87. The number of benzene rings is 2. The Morgan fingerprint density at radius 2 is 1.78 bits per heavy atom. The van der Waals surface area contributed by atoms with Gasteiger partial charge in [0.25, 0.3) is 0 Å². The van der Waals surface area contributed by atoms with Crippen molar-refractivity contribution in [2.24, 2.45) is 0 Å². The Kier molecular flexibility index (Phi) is 7.55. The fraction of sp³-hybridized carbons (Fsp3) is 0.300. The molecule has 0 bridgehead atoms. The Labute approximate surface area is 163 Å². The molecule has 1 amide bonds. The van der Waals surface area contributed by atoms with E-state index in [1.807, 2.05) is 19.1 Å². The van der Waals surface area contributed by atoms with Gasteiger partial charge >= 0.3 is 5.97 Å². The Balaban J connectivity index is 2.01. The van der Waals surface area contributed by atoms with Crippen LogP contribution in [0.5, 0.6) is 11.5 Å². The molecule has 2 aromatic rings. The molecule has 1 N–H and O–H groups in total. The highest BCUT2D eigenvalue weighted by Crippen LogP contribution is 2.32. The van der Waals surface area contributed by atoms with Crippen molar-refractivity contribution in [3.8, 4) is 11.5 Å². The minimum Gasteiger partial charge on any atom is -0.493 e. The standard InChI is InChI=1S/C20H23NO5S/c1-5-26-20(23)14-7-6-13(2)16(10-14)21-19(22)12-27-15-8-9-17(24-3)18(11-15)25-4/h6-11H,5,12H2,1-4H3,(H,21,22). The maximum Gasteiger partial charge on any atom is 0.338 e. The SMILES string of the molecule is CCOC(=O)c1ccc(C)c(NC(=O)CSc2ccc(OC)c(OC)c2)c1. The number of rotatable bonds is 8. The summed E-state index contributed by atoms with van der Waals surface area (Å²) in [6.07, 6.45) is 0. The monoisotopic (exact) mass is 389 g/mol. The topological polar surface area (TPSA) is 73.9 Å². The summed E-state index contributed by atoms with van der Waals surface area (Å²) in [4.78, 5) is 25.1. The molecule has 0 saturated heterocycles. The van der Waals surface area contributed by atoms with Crippen LogP contribution in [0.3, 0.4) is 0 Å². The maximum absolute atomic E-state index is 12.3. The van der Waals surface area contributed by atoms with Crippen LogP contribution < -0.4 is 14.8 Å². The van der Waals surface area contributed by atoms with Gasteiger partial charge < -0.3 is 19.5 Å². The van der Waals surface area contributed by atoms with E-state index in [-0.39, 0.29) is 11.7 Å². The molecule has 0 fully saturated rings. The third kappa shape index (κ3) is 5.65. The molecule has 0 atom stereocenters. The molecule has 0 aromatic heterocycles. The summed E-state index contributed by atoms with van der Waals surface area (Å²) in [5.41, 5.74) is 1.87. The van der Waals surface area contributed by atoms with Gasteiger partial charge in [0.1, 0.15) is 0 Å². The molecule has 0 saturated carbocycles. The number of hydrogen-bond donors (Lipinski definition) is 1. The minimum atomic E-state index is -0.410. The van der Waals surface area contributed by atoms with Gasteiger partial charge in [-0.05, 0) is 49.7 Å². The second-order valence-corrected chi connectivity index (χ2v) is 6.65. The Morgan fingerprint density at radius 3 is 2.44 bits per heavy atom. The van der Waals surface area contributed by atoms with E-state index in [4.69, 9.17) is 14.2 Å². The number of carbonyl (C=O) groups excluding carboxylic acids is 2. The van der Waals surface area contributed by atoms with Crippen LogP contribution in [0, 0.1) is 6.92 Å². The van der Waals surface area contributed by atoms with E-state index in [0.717, 1.165) is 10.5 Å². The lowest BCUT2D eigenvalue weighted by Crippen LogP contribution is -2.15. The number of carbonyl (C=O) groups is 2. The van der Waals surface area contributed by atoms with Gasteiger partial charge in [-0.3, -0.25) is 4.79 Å². The molecular weight excluding hydrogens is 366 g/mol. The molecule has 0 aliphatic rings. The number of amides is 1. The van der Waals surface area contributed by atoms with Crippen LogP contribution in [0.15, 0.2) is 41.3 Å². The molecule has 144 valence electrons. The Hall–Kier alpha value is -2.67. The van der Waals surface area contributed by atoms with Gasteiger partial charge in [0.15, 0.2) is 11.5 Å². The summed E-state index contributed by atoms with van der Waals surface area (Å²) in [7, 11) is 3.14. The smallest absolute Gasteiger partial charge is 0.338 e.